The molecule has 0 spiro atoms. The van der Waals surface area contributed by atoms with Gasteiger partial charge in [-0.25, -0.2) is 13.1 Å². The third-order valence-electron chi connectivity index (χ3n) is 2.92. The topological polar surface area (TPSA) is 58.2 Å². The molecule has 5 heteroatoms. The highest BCUT2D eigenvalue weighted by molar-refractivity contribution is 7.89. The van der Waals surface area contributed by atoms with Gasteiger partial charge in [-0.15, -0.1) is 0 Å². The molecular weight excluding hydrogens is 260 g/mol. The normalized spacial score (nSPS) is 13.7. The third-order valence-corrected chi connectivity index (χ3v) is 4.39. The molecule has 0 fully saturated rings. The number of rotatable bonds is 8. The summed E-state index contributed by atoms with van der Waals surface area (Å²) in [6, 6.07) is 10.3. The molecular formula is C14H24N2O2S. The Morgan fingerprint density at radius 1 is 1.16 bits per heavy atom. The van der Waals surface area contributed by atoms with Crippen molar-refractivity contribution in [1.29, 1.82) is 0 Å². The Morgan fingerprint density at radius 3 is 2.32 bits per heavy atom. The quantitative estimate of drug-likeness (QED) is 0.766. The van der Waals surface area contributed by atoms with Gasteiger partial charge in [0.15, 0.2) is 0 Å². The number of nitrogens with one attached hydrogen (secondary N) is 2. The zero-order valence-corrected chi connectivity index (χ0v) is 12.7. The van der Waals surface area contributed by atoms with Crippen molar-refractivity contribution in [2.24, 2.45) is 5.92 Å². The number of sulfonamides is 1. The van der Waals surface area contributed by atoms with Crippen molar-refractivity contribution >= 4 is 10.0 Å². The smallest absolute Gasteiger partial charge is 0.212 e. The Morgan fingerprint density at radius 2 is 1.79 bits per heavy atom. The summed E-state index contributed by atoms with van der Waals surface area (Å²) in [5.74, 6) is 0.515. The van der Waals surface area contributed by atoms with Crippen molar-refractivity contribution in [1.82, 2.24) is 10.0 Å². The zero-order chi connectivity index (χ0) is 14.3. The van der Waals surface area contributed by atoms with Crippen LogP contribution in [0, 0.1) is 5.92 Å². The van der Waals surface area contributed by atoms with Crippen LogP contribution in [0.15, 0.2) is 30.3 Å². The van der Waals surface area contributed by atoms with Crippen molar-refractivity contribution < 1.29 is 8.42 Å². The van der Waals surface area contributed by atoms with Crippen molar-refractivity contribution in [3.05, 3.63) is 35.9 Å². The summed E-state index contributed by atoms with van der Waals surface area (Å²) in [5.41, 5.74) is 1.19. The van der Waals surface area contributed by atoms with Crippen LogP contribution in [0.1, 0.15) is 32.4 Å². The van der Waals surface area contributed by atoms with Crippen LogP contribution in [0.2, 0.25) is 0 Å². The molecule has 0 radical (unpaired) electrons. The molecule has 2 N–H and O–H groups in total. The van der Waals surface area contributed by atoms with Crippen molar-refractivity contribution in [2.75, 3.05) is 18.8 Å². The SMILES string of the molecule is CCNS(=O)(=O)CCNC(c1ccccc1)C(C)C. The van der Waals surface area contributed by atoms with Gasteiger partial charge < -0.3 is 5.32 Å². The summed E-state index contributed by atoms with van der Waals surface area (Å²) < 4.78 is 25.6. The van der Waals surface area contributed by atoms with Crippen LogP contribution in [0.25, 0.3) is 0 Å². The molecule has 4 nitrogen and oxygen atoms in total. The first-order valence-electron chi connectivity index (χ1n) is 6.72. The monoisotopic (exact) mass is 284 g/mol. The highest BCUT2D eigenvalue weighted by atomic mass is 32.2. The van der Waals surface area contributed by atoms with E-state index in [0.29, 0.717) is 19.0 Å². The van der Waals surface area contributed by atoms with Crippen LogP contribution >= 0.6 is 0 Å². The van der Waals surface area contributed by atoms with Gasteiger partial charge in [-0.2, -0.15) is 0 Å². The van der Waals surface area contributed by atoms with Gasteiger partial charge in [-0.05, 0) is 11.5 Å². The van der Waals surface area contributed by atoms with Gasteiger partial charge in [0.2, 0.25) is 10.0 Å². The Bertz CT molecular complexity index is 458. The molecule has 0 amide bonds. The fraction of sp³-hybridized carbons (Fsp3) is 0.571. The molecule has 1 atom stereocenters. The van der Waals surface area contributed by atoms with Gasteiger partial charge in [0, 0.05) is 19.1 Å². The molecule has 108 valence electrons. The first-order chi connectivity index (χ1) is 8.96. The Hall–Kier alpha value is -0.910. The van der Waals surface area contributed by atoms with Crippen LogP contribution in [0.3, 0.4) is 0 Å². The average Bonchev–Trinajstić information content (AvgIpc) is 2.35. The van der Waals surface area contributed by atoms with Crippen molar-refractivity contribution in [3.63, 3.8) is 0 Å². The minimum atomic E-state index is -3.15. The number of hydrogen-bond donors (Lipinski definition) is 2. The van der Waals surface area contributed by atoms with E-state index in [1.54, 1.807) is 6.92 Å². The lowest BCUT2D eigenvalue weighted by molar-refractivity contribution is 0.421. The predicted octanol–water partition coefficient (Wildman–Crippen LogP) is 1.91. The highest BCUT2D eigenvalue weighted by Crippen LogP contribution is 2.20. The Kier molecular flexibility index (Phi) is 6.48. The molecule has 0 aliphatic rings. The molecule has 0 saturated carbocycles. The molecule has 1 unspecified atom stereocenters. The second-order valence-corrected chi connectivity index (χ2v) is 6.83. The summed E-state index contributed by atoms with van der Waals surface area (Å²) in [6.45, 7) is 6.93. The van der Waals surface area contributed by atoms with E-state index in [9.17, 15) is 8.42 Å². The molecule has 1 rings (SSSR count). The molecule has 0 saturated heterocycles. The third kappa shape index (κ3) is 5.72. The maximum Gasteiger partial charge on any atom is 0.212 e. The van der Waals surface area contributed by atoms with Gasteiger partial charge >= 0.3 is 0 Å². The van der Waals surface area contributed by atoms with Crippen LogP contribution in [0.5, 0.6) is 0 Å². The highest BCUT2D eigenvalue weighted by Gasteiger charge is 2.16. The molecule has 0 aliphatic heterocycles. The predicted molar refractivity (Wildman–Crippen MR) is 79.5 cm³/mol. The first kappa shape index (κ1) is 16.1. The fourth-order valence-electron chi connectivity index (χ4n) is 2.04. The van der Waals surface area contributed by atoms with Crippen molar-refractivity contribution in [3.8, 4) is 0 Å². The Balaban J connectivity index is 2.57. The maximum absolute atomic E-state index is 11.6. The molecule has 19 heavy (non-hydrogen) atoms. The maximum atomic E-state index is 11.6. The molecule has 1 aromatic carbocycles. The molecule has 0 aromatic heterocycles. The summed E-state index contributed by atoms with van der Waals surface area (Å²) in [5, 5.41) is 3.33. The van der Waals surface area contributed by atoms with Gasteiger partial charge in [-0.3, -0.25) is 0 Å². The van der Waals surface area contributed by atoms with Gasteiger partial charge in [0.25, 0.3) is 0 Å². The molecule has 1 aromatic rings. The van der Waals surface area contributed by atoms with Crippen LogP contribution in [-0.2, 0) is 10.0 Å². The van der Waals surface area contributed by atoms with E-state index in [1.165, 1.54) is 5.56 Å². The second-order valence-electron chi connectivity index (χ2n) is 4.90. The van der Waals surface area contributed by atoms with E-state index in [1.807, 2.05) is 18.2 Å². The lowest BCUT2D eigenvalue weighted by Crippen LogP contribution is -2.34. The van der Waals surface area contributed by atoms with Gasteiger partial charge in [0.05, 0.1) is 5.75 Å². The van der Waals surface area contributed by atoms with Crippen LogP contribution in [-0.4, -0.2) is 27.3 Å². The van der Waals surface area contributed by atoms with E-state index in [0.717, 1.165) is 0 Å². The van der Waals surface area contributed by atoms with E-state index < -0.39 is 10.0 Å². The number of benzene rings is 1. The Labute approximate surface area is 116 Å². The van der Waals surface area contributed by atoms with Gasteiger partial charge in [0.1, 0.15) is 0 Å². The lowest BCUT2D eigenvalue weighted by atomic mass is 9.96. The average molecular weight is 284 g/mol. The van der Waals surface area contributed by atoms with E-state index >= 15 is 0 Å². The van der Waals surface area contributed by atoms with E-state index in [-0.39, 0.29) is 11.8 Å². The number of hydrogen-bond acceptors (Lipinski definition) is 3. The second kappa shape index (κ2) is 7.62. The summed E-state index contributed by atoms with van der Waals surface area (Å²) >= 11 is 0. The van der Waals surface area contributed by atoms with E-state index in [2.05, 4.69) is 36.0 Å². The van der Waals surface area contributed by atoms with Crippen molar-refractivity contribution in [2.45, 2.75) is 26.8 Å². The molecule has 0 heterocycles. The fourth-order valence-corrected chi connectivity index (χ4v) is 3.01. The van der Waals surface area contributed by atoms with Gasteiger partial charge in [-0.1, -0.05) is 51.1 Å². The molecule has 0 aliphatic carbocycles. The standard InChI is InChI=1S/C14H24N2O2S/c1-4-16-19(17,18)11-10-15-14(12(2)3)13-8-6-5-7-9-13/h5-9,12,14-16H,4,10-11H2,1-3H3. The van der Waals surface area contributed by atoms with Crippen LogP contribution < -0.4 is 10.0 Å². The lowest BCUT2D eigenvalue weighted by Gasteiger charge is -2.23. The van der Waals surface area contributed by atoms with Crippen LogP contribution in [0.4, 0.5) is 0 Å². The minimum absolute atomic E-state index is 0.108. The minimum Gasteiger partial charge on any atom is -0.309 e. The summed E-state index contributed by atoms with van der Waals surface area (Å²) in [4.78, 5) is 0. The summed E-state index contributed by atoms with van der Waals surface area (Å²) in [7, 11) is -3.15. The zero-order valence-electron chi connectivity index (χ0n) is 11.9. The molecule has 0 bridgehead atoms. The van der Waals surface area contributed by atoms with E-state index in [4.69, 9.17) is 0 Å². The first-order valence-corrected chi connectivity index (χ1v) is 8.37. The largest absolute Gasteiger partial charge is 0.309 e. The summed E-state index contributed by atoms with van der Waals surface area (Å²) in [6.07, 6.45) is 0.